The van der Waals surface area contributed by atoms with E-state index in [4.69, 9.17) is 0 Å². The molecule has 2 rings (SSSR count). The molecule has 0 amide bonds. The van der Waals surface area contributed by atoms with Crippen molar-refractivity contribution in [2.24, 2.45) is 0 Å². The highest BCUT2D eigenvalue weighted by molar-refractivity contribution is 7.93. The molecule has 1 aromatic rings. The fourth-order valence-corrected chi connectivity index (χ4v) is 2.66. The van der Waals surface area contributed by atoms with Crippen LogP contribution in [-0.2, 0) is 10.0 Å². The van der Waals surface area contributed by atoms with Crippen molar-refractivity contribution in [1.29, 1.82) is 0 Å². The first kappa shape index (κ1) is 14.1. The van der Waals surface area contributed by atoms with E-state index >= 15 is 0 Å². The van der Waals surface area contributed by atoms with Crippen LogP contribution in [0.1, 0.15) is 13.8 Å². The number of anilines is 2. The minimum atomic E-state index is -3.28. The Morgan fingerprint density at radius 2 is 1.95 bits per heavy atom. The number of nitrogens with one attached hydrogen (secondary N) is 2. The standard InChI is InChI=1S/C13H21N3O2S/c1-11(2)19(17,18)15-12-4-3-5-13(10-12)16-8-6-14-7-9-16/h3-5,10-11,14-15H,6-9H2,1-2H3. The van der Waals surface area contributed by atoms with Gasteiger partial charge in [-0.15, -0.1) is 0 Å². The highest BCUT2D eigenvalue weighted by atomic mass is 32.2. The van der Waals surface area contributed by atoms with Gasteiger partial charge in [0.2, 0.25) is 10.0 Å². The number of benzene rings is 1. The van der Waals surface area contributed by atoms with Gasteiger partial charge in [-0.2, -0.15) is 0 Å². The number of hydrogen-bond donors (Lipinski definition) is 2. The van der Waals surface area contributed by atoms with Crippen LogP contribution in [0.2, 0.25) is 0 Å². The Hall–Kier alpha value is -1.27. The molecule has 1 aliphatic rings. The van der Waals surface area contributed by atoms with Gasteiger partial charge < -0.3 is 10.2 Å². The lowest BCUT2D eigenvalue weighted by Crippen LogP contribution is -2.43. The number of sulfonamides is 1. The van der Waals surface area contributed by atoms with E-state index in [2.05, 4.69) is 14.9 Å². The summed E-state index contributed by atoms with van der Waals surface area (Å²) in [4.78, 5) is 2.25. The van der Waals surface area contributed by atoms with Crippen molar-refractivity contribution < 1.29 is 8.42 Å². The van der Waals surface area contributed by atoms with Crippen molar-refractivity contribution in [2.45, 2.75) is 19.1 Å². The monoisotopic (exact) mass is 283 g/mol. The van der Waals surface area contributed by atoms with Gasteiger partial charge in [-0.1, -0.05) is 6.07 Å². The van der Waals surface area contributed by atoms with Gasteiger partial charge in [0.05, 0.1) is 10.9 Å². The van der Waals surface area contributed by atoms with Gasteiger partial charge >= 0.3 is 0 Å². The van der Waals surface area contributed by atoms with Crippen LogP contribution in [0.15, 0.2) is 24.3 Å². The lowest BCUT2D eigenvalue weighted by molar-refractivity contribution is 0.589. The third-order valence-corrected chi connectivity index (χ3v) is 4.97. The minimum Gasteiger partial charge on any atom is -0.369 e. The molecule has 0 unspecified atom stereocenters. The first-order chi connectivity index (χ1) is 8.99. The zero-order valence-electron chi connectivity index (χ0n) is 11.4. The number of rotatable bonds is 4. The summed E-state index contributed by atoms with van der Waals surface area (Å²) in [5, 5.41) is 2.86. The first-order valence-corrected chi connectivity index (χ1v) is 8.11. The third kappa shape index (κ3) is 3.61. The predicted octanol–water partition coefficient (Wildman–Crippen LogP) is 1.25. The molecule has 1 heterocycles. The number of piperazine rings is 1. The molecule has 5 nitrogen and oxygen atoms in total. The molecule has 0 aliphatic carbocycles. The summed E-state index contributed by atoms with van der Waals surface area (Å²) < 4.78 is 26.3. The summed E-state index contributed by atoms with van der Waals surface area (Å²) in [6.07, 6.45) is 0. The molecule has 1 fully saturated rings. The summed E-state index contributed by atoms with van der Waals surface area (Å²) >= 11 is 0. The van der Waals surface area contributed by atoms with Gasteiger partial charge in [0, 0.05) is 31.9 Å². The molecule has 0 aromatic heterocycles. The molecule has 0 bridgehead atoms. The van der Waals surface area contributed by atoms with Gasteiger partial charge in [0.15, 0.2) is 0 Å². The Bertz CT molecular complexity index is 522. The van der Waals surface area contributed by atoms with Crippen molar-refractivity contribution in [3.8, 4) is 0 Å². The number of hydrogen-bond acceptors (Lipinski definition) is 4. The van der Waals surface area contributed by atoms with Crippen LogP contribution in [0.3, 0.4) is 0 Å². The van der Waals surface area contributed by atoms with Crippen LogP contribution in [-0.4, -0.2) is 39.8 Å². The van der Waals surface area contributed by atoms with Gasteiger partial charge in [-0.25, -0.2) is 8.42 Å². The highest BCUT2D eigenvalue weighted by Gasteiger charge is 2.16. The molecular weight excluding hydrogens is 262 g/mol. The SMILES string of the molecule is CC(C)S(=O)(=O)Nc1cccc(N2CCNCC2)c1. The molecule has 1 aliphatic heterocycles. The van der Waals surface area contributed by atoms with Crippen LogP contribution in [0.5, 0.6) is 0 Å². The maximum absolute atomic E-state index is 11.9. The second kappa shape index (κ2) is 5.79. The molecule has 2 N–H and O–H groups in total. The van der Waals surface area contributed by atoms with E-state index in [1.165, 1.54) is 0 Å². The van der Waals surface area contributed by atoms with Crippen LogP contribution < -0.4 is 14.9 Å². The first-order valence-electron chi connectivity index (χ1n) is 6.56. The van der Waals surface area contributed by atoms with Crippen molar-refractivity contribution in [3.05, 3.63) is 24.3 Å². The third-order valence-electron chi connectivity index (χ3n) is 3.21. The van der Waals surface area contributed by atoms with Crippen molar-refractivity contribution in [2.75, 3.05) is 35.8 Å². The Balaban J connectivity index is 2.15. The molecule has 6 heteroatoms. The zero-order chi connectivity index (χ0) is 13.9. The van der Waals surface area contributed by atoms with E-state index in [0.717, 1.165) is 31.9 Å². The largest absolute Gasteiger partial charge is 0.369 e. The highest BCUT2D eigenvalue weighted by Crippen LogP contribution is 2.21. The van der Waals surface area contributed by atoms with E-state index in [-0.39, 0.29) is 0 Å². The van der Waals surface area contributed by atoms with Crippen LogP contribution >= 0.6 is 0 Å². The lowest BCUT2D eigenvalue weighted by atomic mass is 10.2. The van der Waals surface area contributed by atoms with E-state index in [0.29, 0.717) is 5.69 Å². The fourth-order valence-electron chi connectivity index (χ4n) is 1.97. The summed E-state index contributed by atoms with van der Waals surface area (Å²) in [7, 11) is -3.28. The normalized spacial score (nSPS) is 16.7. The molecule has 0 spiro atoms. The fraction of sp³-hybridized carbons (Fsp3) is 0.538. The Labute approximate surface area is 115 Å². The van der Waals surface area contributed by atoms with Crippen LogP contribution in [0, 0.1) is 0 Å². The molecule has 1 aromatic carbocycles. The molecule has 0 radical (unpaired) electrons. The quantitative estimate of drug-likeness (QED) is 0.873. The molecule has 106 valence electrons. The molecule has 0 saturated carbocycles. The van der Waals surface area contributed by atoms with E-state index in [1.807, 2.05) is 18.2 Å². The lowest BCUT2D eigenvalue weighted by Gasteiger charge is -2.29. The van der Waals surface area contributed by atoms with Crippen molar-refractivity contribution in [1.82, 2.24) is 5.32 Å². The topological polar surface area (TPSA) is 61.4 Å². The maximum Gasteiger partial charge on any atom is 0.235 e. The zero-order valence-corrected chi connectivity index (χ0v) is 12.2. The Morgan fingerprint density at radius 1 is 1.26 bits per heavy atom. The van der Waals surface area contributed by atoms with Crippen molar-refractivity contribution in [3.63, 3.8) is 0 Å². The summed E-state index contributed by atoms with van der Waals surface area (Å²) in [5.41, 5.74) is 1.69. The molecule has 0 atom stereocenters. The summed E-state index contributed by atoms with van der Waals surface area (Å²) in [6.45, 7) is 7.15. The van der Waals surface area contributed by atoms with Gasteiger partial charge in [0.25, 0.3) is 0 Å². The molecule has 19 heavy (non-hydrogen) atoms. The van der Waals surface area contributed by atoms with Crippen LogP contribution in [0.4, 0.5) is 11.4 Å². The molecule has 1 saturated heterocycles. The number of nitrogens with zero attached hydrogens (tertiary/aromatic N) is 1. The average molecular weight is 283 g/mol. The van der Waals surface area contributed by atoms with Crippen LogP contribution in [0.25, 0.3) is 0 Å². The minimum absolute atomic E-state index is 0.435. The molecular formula is C13H21N3O2S. The van der Waals surface area contributed by atoms with Gasteiger partial charge in [-0.05, 0) is 32.0 Å². The van der Waals surface area contributed by atoms with E-state index in [9.17, 15) is 8.42 Å². The van der Waals surface area contributed by atoms with E-state index in [1.54, 1.807) is 19.9 Å². The van der Waals surface area contributed by atoms with E-state index < -0.39 is 15.3 Å². The average Bonchev–Trinajstić information content (AvgIpc) is 2.39. The second-order valence-electron chi connectivity index (χ2n) is 4.98. The second-order valence-corrected chi connectivity index (χ2v) is 7.22. The Kier molecular flexibility index (Phi) is 4.31. The van der Waals surface area contributed by atoms with Gasteiger partial charge in [0.1, 0.15) is 0 Å². The Morgan fingerprint density at radius 3 is 2.58 bits per heavy atom. The summed E-state index contributed by atoms with van der Waals surface area (Å²) in [6, 6.07) is 7.57. The predicted molar refractivity (Wildman–Crippen MR) is 79.2 cm³/mol. The van der Waals surface area contributed by atoms with Gasteiger partial charge in [-0.3, -0.25) is 4.72 Å². The summed E-state index contributed by atoms with van der Waals surface area (Å²) in [5.74, 6) is 0. The van der Waals surface area contributed by atoms with Crippen molar-refractivity contribution >= 4 is 21.4 Å². The maximum atomic E-state index is 11.9. The smallest absolute Gasteiger partial charge is 0.235 e.